The highest BCUT2D eigenvalue weighted by Gasteiger charge is 2.42. The van der Waals surface area contributed by atoms with Crippen molar-refractivity contribution in [2.24, 2.45) is 0 Å². The molecule has 3 heterocycles. The monoisotopic (exact) mass is 365 g/mol. The van der Waals surface area contributed by atoms with Gasteiger partial charge in [-0.05, 0) is 49.2 Å². The Morgan fingerprint density at radius 1 is 1.22 bits per heavy atom. The second-order valence-corrected chi connectivity index (χ2v) is 7.33. The number of nitrogens with zero attached hydrogens (tertiary/aromatic N) is 1. The zero-order chi connectivity index (χ0) is 18.5. The van der Waals surface area contributed by atoms with E-state index in [0.29, 0.717) is 28.7 Å². The lowest BCUT2D eigenvalue weighted by Gasteiger charge is -2.53. The quantitative estimate of drug-likeness (QED) is 0.741. The number of morpholine rings is 1. The van der Waals surface area contributed by atoms with Crippen molar-refractivity contribution in [1.29, 1.82) is 0 Å². The lowest BCUT2D eigenvalue weighted by molar-refractivity contribution is 0.0103. The van der Waals surface area contributed by atoms with Crippen LogP contribution in [0.1, 0.15) is 22.5 Å². The highest BCUT2D eigenvalue weighted by molar-refractivity contribution is 6.06. The van der Waals surface area contributed by atoms with Crippen LogP contribution in [0.25, 0.3) is 10.9 Å². The maximum atomic E-state index is 14.0. The second-order valence-electron chi connectivity index (χ2n) is 7.33. The van der Waals surface area contributed by atoms with Crippen LogP contribution < -0.4 is 10.2 Å². The van der Waals surface area contributed by atoms with Crippen LogP contribution in [0.3, 0.4) is 0 Å². The van der Waals surface area contributed by atoms with E-state index in [1.54, 1.807) is 12.1 Å². The summed E-state index contributed by atoms with van der Waals surface area (Å²) in [7, 11) is 0. The third-order valence-corrected chi connectivity index (χ3v) is 5.55. The molecule has 2 N–H and O–H groups in total. The van der Waals surface area contributed by atoms with Crippen LogP contribution in [-0.2, 0) is 4.74 Å². The largest absolute Gasteiger partial charge is 0.377 e. The molecule has 1 amide bonds. The minimum atomic E-state index is -0.334. The summed E-state index contributed by atoms with van der Waals surface area (Å²) in [5.41, 5.74) is 3.72. The molecule has 3 aromatic rings. The van der Waals surface area contributed by atoms with Crippen molar-refractivity contribution in [3.8, 4) is 0 Å². The molecule has 138 valence electrons. The predicted octanol–water partition coefficient (Wildman–Crippen LogP) is 3.85. The van der Waals surface area contributed by atoms with Crippen molar-refractivity contribution in [3.63, 3.8) is 0 Å². The van der Waals surface area contributed by atoms with Gasteiger partial charge in [0.05, 0.1) is 30.8 Å². The minimum absolute atomic E-state index is 0.283. The summed E-state index contributed by atoms with van der Waals surface area (Å²) in [6.07, 6.45) is 1.16. The van der Waals surface area contributed by atoms with E-state index in [2.05, 4.69) is 21.3 Å². The number of halogens is 1. The number of rotatable bonds is 3. The summed E-state index contributed by atoms with van der Waals surface area (Å²) in [6.45, 7) is 3.40. The molecule has 27 heavy (non-hydrogen) atoms. The Balaban J connectivity index is 1.39. The van der Waals surface area contributed by atoms with Crippen LogP contribution in [0, 0.1) is 12.7 Å². The fourth-order valence-electron chi connectivity index (χ4n) is 4.15. The van der Waals surface area contributed by atoms with Gasteiger partial charge in [0.1, 0.15) is 11.5 Å². The Labute approximate surface area is 156 Å². The number of amides is 1. The van der Waals surface area contributed by atoms with Crippen molar-refractivity contribution in [2.45, 2.75) is 25.4 Å². The molecule has 2 aliphatic heterocycles. The number of hydrogen-bond acceptors (Lipinski definition) is 3. The van der Waals surface area contributed by atoms with Crippen LogP contribution in [0.5, 0.6) is 0 Å². The maximum absolute atomic E-state index is 14.0. The highest BCUT2D eigenvalue weighted by atomic mass is 19.1. The first-order chi connectivity index (χ1) is 13.1. The van der Waals surface area contributed by atoms with E-state index in [9.17, 15) is 9.18 Å². The normalized spacial score (nSPS) is 21.2. The molecule has 5 rings (SSSR count). The Hall–Kier alpha value is -2.86. The number of ether oxygens (including phenoxy) is 1. The molecule has 2 aliphatic rings. The molecule has 1 aromatic heterocycles. The summed E-state index contributed by atoms with van der Waals surface area (Å²) in [6, 6.07) is 13.4. The Kier molecular flexibility index (Phi) is 3.68. The number of benzene rings is 2. The Morgan fingerprint density at radius 2 is 2.04 bits per heavy atom. The van der Waals surface area contributed by atoms with Gasteiger partial charge in [0.15, 0.2) is 0 Å². The number of nitrogens with one attached hydrogen (secondary N) is 2. The smallest absolute Gasteiger partial charge is 0.272 e. The van der Waals surface area contributed by atoms with Crippen molar-refractivity contribution in [2.75, 3.05) is 23.4 Å². The average molecular weight is 365 g/mol. The highest BCUT2D eigenvalue weighted by Crippen LogP contribution is 2.36. The summed E-state index contributed by atoms with van der Waals surface area (Å²) >= 11 is 0. The van der Waals surface area contributed by atoms with Crippen molar-refractivity contribution >= 4 is 28.2 Å². The summed E-state index contributed by atoms with van der Waals surface area (Å²) in [5, 5.41) is 3.35. The van der Waals surface area contributed by atoms with E-state index in [1.165, 1.54) is 6.07 Å². The maximum Gasteiger partial charge on any atom is 0.272 e. The second kappa shape index (κ2) is 6.09. The van der Waals surface area contributed by atoms with Gasteiger partial charge in [0, 0.05) is 16.8 Å². The fraction of sp³-hybridized carbons (Fsp3) is 0.286. The average Bonchev–Trinajstić information content (AvgIpc) is 3.13. The number of aryl methyl sites for hydroxylation is 1. The molecular weight excluding hydrogens is 345 g/mol. The summed E-state index contributed by atoms with van der Waals surface area (Å²) < 4.78 is 19.5. The van der Waals surface area contributed by atoms with Crippen LogP contribution in [-0.4, -0.2) is 36.2 Å². The van der Waals surface area contributed by atoms with Crippen LogP contribution >= 0.6 is 0 Å². The molecular formula is C21H20FN3O2. The lowest BCUT2D eigenvalue weighted by atomic mass is 9.90. The third kappa shape index (κ3) is 2.68. The molecule has 2 bridgehead atoms. The first-order valence-corrected chi connectivity index (χ1v) is 9.15. The molecule has 0 saturated carbocycles. The zero-order valence-corrected chi connectivity index (χ0v) is 15.0. The van der Waals surface area contributed by atoms with Gasteiger partial charge in [-0.3, -0.25) is 4.79 Å². The third-order valence-electron chi connectivity index (χ3n) is 5.55. The summed E-state index contributed by atoms with van der Waals surface area (Å²) in [5.74, 6) is -0.617. The number of aromatic amines is 1. The number of H-pyrrole nitrogens is 1. The standard InChI is InChI=1S/C21H20FN3O2/c1-12-5-6-18(22)17-9-19(24-20(12)17)21(26)23-13-3-2-4-14(7-13)25-15-8-16(25)11-27-10-15/h2-7,9,15-16,24H,8,10-11H2,1H3,(H,23,26). The van der Waals surface area contributed by atoms with Gasteiger partial charge in [-0.15, -0.1) is 0 Å². The van der Waals surface area contributed by atoms with Gasteiger partial charge in [0.2, 0.25) is 0 Å². The van der Waals surface area contributed by atoms with Crippen molar-refractivity contribution in [1.82, 2.24) is 4.98 Å². The number of aromatic nitrogens is 1. The number of carbonyl (C=O) groups is 1. The molecule has 2 fully saturated rings. The van der Waals surface area contributed by atoms with Gasteiger partial charge in [-0.1, -0.05) is 12.1 Å². The van der Waals surface area contributed by atoms with E-state index in [-0.39, 0.29) is 11.7 Å². The fourth-order valence-corrected chi connectivity index (χ4v) is 4.15. The van der Waals surface area contributed by atoms with Crippen LogP contribution in [0.4, 0.5) is 15.8 Å². The number of carbonyl (C=O) groups excluding carboxylic acids is 1. The predicted molar refractivity (Wildman–Crippen MR) is 103 cm³/mol. The molecule has 2 aromatic carbocycles. The molecule has 2 unspecified atom stereocenters. The van der Waals surface area contributed by atoms with Gasteiger partial charge in [0.25, 0.3) is 5.91 Å². The Bertz CT molecular complexity index is 992. The number of anilines is 2. The minimum Gasteiger partial charge on any atom is -0.377 e. The summed E-state index contributed by atoms with van der Waals surface area (Å²) in [4.78, 5) is 18.1. The van der Waals surface area contributed by atoms with Crippen molar-refractivity contribution in [3.05, 3.63) is 59.5 Å². The molecule has 2 atom stereocenters. The molecule has 0 aliphatic carbocycles. The molecule has 6 heteroatoms. The van der Waals surface area contributed by atoms with E-state index in [4.69, 9.17) is 4.74 Å². The van der Waals surface area contributed by atoms with E-state index < -0.39 is 0 Å². The SMILES string of the molecule is Cc1ccc(F)c2cc(C(=O)Nc3cccc(N4C5COCC4C5)c3)[nH]c12. The van der Waals surface area contributed by atoms with Crippen LogP contribution in [0.15, 0.2) is 42.5 Å². The van der Waals surface area contributed by atoms with Crippen molar-refractivity contribution < 1.29 is 13.9 Å². The van der Waals surface area contributed by atoms with Gasteiger partial charge in [-0.25, -0.2) is 4.39 Å². The number of hydrogen-bond donors (Lipinski definition) is 2. The van der Waals surface area contributed by atoms with Crippen LogP contribution in [0.2, 0.25) is 0 Å². The first kappa shape index (κ1) is 16.3. The van der Waals surface area contributed by atoms with Gasteiger partial charge < -0.3 is 19.9 Å². The topological polar surface area (TPSA) is 57.4 Å². The van der Waals surface area contributed by atoms with E-state index >= 15 is 0 Å². The van der Waals surface area contributed by atoms with Gasteiger partial charge in [-0.2, -0.15) is 0 Å². The van der Waals surface area contributed by atoms with E-state index in [1.807, 2.05) is 25.1 Å². The molecule has 2 saturated heterocycles. The number of fused-ring (bicyclic) bond motifs is 3. The lowest BCUT2D eigenvalue weighted by Crippen LogP contribution is -2.64. The molecule has 0 spiro atoms. The first-order valence-electron chi connectivity index (χ1n) is 9.15. The molecule has 5 nitrogen and oxygen atoms in total. The zero-order valence-electron chi connectivity index (χ0n) is 15.0. The Morgan fingerprint density at radius 3 is 2.78 bits per heavy atom. The van der Waals surface area contributed by atoms with E-state index in [0.717, 1.165) is 36.6 Å². The van der Waals surface area contributed by atoms with Gasteiger partial charge >= 0.3 is 0 Å². The molecule has 0 radical (unpaired) electrons.